The number of amides is 1. The normalized spacial score (nSPS) is 17.5. The molecular weight excluding hydrogens is 369 g/mol. The van der Waals surface area contributed by atoms with Crippen LogP contribution in [0.25, 0.3) is 0 Å². The molecule has 0 radical (unpaired) electrons. The van der Waals surface area contributed by atoms with Gasteiger partial charge in [0.1, 0.15) is 0 Å². The molecule has 8 heteroatoms. The summed E-state index contributed by atoms with van der Waals surface area (Å²) in [6.45, 7) is 1.70. The van der Waals surface area contributed by atoms with Gasteiger partial charge in [-0.2, -0.15) is 18.3 Å². The summed E-state index contributed by atoms with van der Waals surface area (Å²) in [6.07, 6.45) is 2.39. The fraction of sp³-hybridized carbons (Fsp3) is 0.500. The first kappa shape index (κ1) is 20.4. The molecule has 0 aliphatic carbocycles. The number of likely N-dealkylation sites (tertiary alicyclic amines) is 1. The van der Waals surface area contributed by atoms with Gasteiger partial charge in [0.05, 0.1) is 11.8 Å². The van der Waals surface area contributed by atoms with Crippen LogP contribution in [0.5, 0.6) is 0 Å². The minimum Gasteiger partial charge on any atom is -0.339 e. The average molecular weight is 394 g/mol. The Hall–Kier alpha value is -2.35. The number of carbonyl (C=O) groups excluding carboxylic acids is 1. The predicted octanol–water partition coefficient (Wildman–Crippen LogP) is 3.15. The van der Waals surface area contributed by atoms with E-state index >= 15 is 0 Å². The van der Waals surface area contributed by atoms with Crippen LogP contribution in [0.4, 0.5) is 13.2 Å². The molecule has 1 unspecified atom stereocenters. The van der Waals surface area contributed by atoms with Crippen LogP contribution >= 0.6 is 0 Å². The van der Waals surface area contributed by atoms with E-state index in [9.17, 15) is 18.0 Å². The molecule has 1 saturated heterocycles. The highest BCUT2D eigenvalue weighted by atomic mass is 19.4. The average Bonchev–Trinajstić information content (AvgIpc) is 3.22. The van der Waals surface area contributed by atoms with Crippen molar-refractivity contribution in [2.75, 3.05) is 13.1 Å². The number of carbonyl (C=O) groups is 1. The van der Waals surface area contributed by atoms with E-state index in [4.69, 9.17) is 0 Å². The molecule has 0 saturated carbocycles. The van der Waals surface area contributed by atoms with E-state index in [1.54, 1.807) is 10.7 Å². The lowest BCUT2D eigenvalue weighted by atomic mass is 10.1. The highest BCUT2D eigenvalue weighted by Gasteiger charge is 2.31. The van der Waals surface area contributed by atoms with E-state index in [0.29, 0.717) is 31.6 Å². The van der Waals surface area contributed by atoms with E-state index in [0.717, 1.165) is 30.9 Å². The third kappa shape index (κ3) is 5.34. The zero-order valence-corrected chi connectivity index (χ0v) is 15.9. The van der Waals surface area contributed by atoms with Crippen LogP contribution in [0.15, 0.2) is 36.7 Å². The van der Waals surface area contributed by atoms with Crippen molar-refractivity contribution in [3.8, 4) is 0 Å². The summed E-state index contributed by atoms with van der Waals surface area (Å²) in [4.78, 5) is 14.1. The first-order chi connectivity index (χ1) is 13.3. The molecule has 5 nitrogen and oxygen atoms in total. The van der Waals surface area contributed by atoms with Crippen LogP contribution in [0.1, 0.15) is 36.0 Å². The zero-order valence-electron chi connectivity index (χ0n) is 15.9. The first-order valence-corrected chi connectivity index (χ1v) is 9.47. The maximum Gasteiger partial charge on any atom is 0.416 e. The lowest BCUT2D eigenvalue weighted by Gasteiger charge is -2.25. The Morgan fingerprint density at radius 3 is 2.82 bits per heavy atom. The molecule has 0 bridgehead atoms. The van der Waals surface area contributed by atoms with Gasteiger partial charge in [0.25, 0.3) is 0 Å². The second kappa shape index (κ2) is 8.77. The van der Waals surface area contributed by atoms with Gasteiger partial charge in [-0.25, -0.2) is 0 Å². The molecule has 1 atom stereocenters. The molecule has 28 heavy (non-hydrogen) atoms. The predicted molar refractivity (Wildman–Crippen MR) is 99.4 cm³/mol. The van der Waals surface area contributed by atoms with Crippen molar-refractivity contribution in [3.63, 3.8) is 0 Å². The van der Waals surface area contributed by atoms with Gasteiger partial charge >= 0.3 is 6.18 Å². The Morgan fingerprint density at radius 1 is 1.29 bits per heavy atom. The summed E-state index contributed by atoms with van der Waals surface area (Å²) in [7, 11) is 1.86. The monoisotopic (exact) mass is 394 g/mol. The SMILES string of the molecule is Cn1cc(CCN2C(=O)CCC2CCNCc2cccc(C(F)(F)F)c2)cn1. The molecule has 2 heterocycles. The summed E-state index contributed by atoms with van der Waals surface area (Å²) in [5.74, 6) is 0.173. The number of hydrogen-bond acceptors (Lipinski definition) is 3. The van der Waals surface area contributed by atoms with Crippen LogP contribution in [0, 0.1) is 0 Å². The number of rotatable bonds is 8. The van der Waals surface area contributed by atoms with Gasteiger partial charge in [-0.1, -0.05) is 18.2 Å². The Morgan fingerprint density at radius 2 is 2.11 bits per heavy atom. The van der Waals surface area contributed by atoms with Gasteiger partial charge in [0, 0.05) is 38.8 Å². The van der Waals surface area contributed by atoms with Gasteiger partial charge in [-0.3, -0.25) is 9.48 Å². The Balaban J connectivity index is 1.45. The standard InChI is InChI=1S/C20H25F3N4O/c1-26-14-16(13-25-26)8-10-27-18(5-6-19(27)28)7-9-24-12-15-3-2-4-17(11-15)20(21,22)23/h2-4,11,13-14,18,24H,5-10,12H2,1H3. The van der Waals surface area contributed by atoms with Gasteiger partial charge < -0.3 is 10.2 Å². The van der Waals surface area contributed by atoms with Crippen molar-refractivity contribution in [3.05, 3.63) is 53.3 Å². The molecule has 2 aromatic rings. The van der Waals surface area contributed by atoms with Gasteiger partial charge in [-0.15, -0.1) is 0 Å². The minimum absolute atomic E-state index is 0.173. The molecule has 1 aliphatic heterocycles. The number of alkyl halides is 3. The molecule has 1 amide bonds. The quantitative estimate of drug-likeness (QED) is 0.700. The number of hydrogen-bond donors (Lipinski definition) is 1. The Kier molecular flexibility index (Phi) is 6.39. The zero-order chi connectivity index (χ0) is 20.1. The summed E-state index contributed by atoms with van der Waals surface area (Å²) >= 11 is 0. The number of aryl methyl sites for hydroxylation is 1. The van der Waals surface area contributed by atoms with Crippen molar-refractivity contribution < 1.29 is 18.0 Å². The van der Waals surface area contributed by atoms with Gasteiger partial charge in [0.2, 0.25) is 5.91 Å². The maximum absolute atomic E-state index is 12.8. The fourth-order valence-corrected chi connectivity index (χ4v) is 3.61. The highest BCUT2D eigenvalue weighted by Crippen LogP contribution is 2.29. The number of benzene rings is 1. The van der Waals surface area contributed by atoms with E-state index in [2.05, 4.69) is 10.4 Å². The fourth-order valence-electron chi connectivity index (χ4n) is 3.61. The third-order valence-corrected chi connectivity index (χ3v) is 5.09. The first-order valence-electron chi connectivity index (χ1n) is 9.47. The molecule has 152 valence electrons. The molecule has 0 spiro atoms. The second-order valence-electron chi connectivity index (χ2n) is 7.22. The van der Waals surface area contributed by atoms with Crippen LogP contribution in [0.2, 0.25) is 0 Å². The van der Waals surface area contributed by atoms with Gasteiger partial charge in [-0.05, 0) is 43.0 Å². The topological polar surface area (TPSA) is 50.2 Å². The number of nitrogens with one attached hydrogen (secondary N) is 1. The molecule has 1 aliphatic rings. The van der Waals surface area contributed by atoms with E-state index in [1.807, 2.05) is 24.3 Å². The lowest BCUT2D eigenvalue weighted by Crippen LogP contribution is -2.36. The van der Waals surface area contributed by atoms with Crippen LogP contribution in [-0.4, -0.2) is 39.7 Å². The molecule has 1 aromatic heterocycles. The smallest absolute Gasteiger partial charge is 0.339 e. The van der Waals surface area contributed by atoms with E-state index in [1.165, 1.54) is 12.1 Å². The van der Waals surface area contributed by atoms with Crippen molar-refractivity contribution in [2.24, 2.45) is 7.05 Å². The molecule has 1 fully saturated rings. The third-order valence-electron chi connectivity index (χ3n) is 5.09. The molecule has 3 rings (SSSR count). The van der Waals surface area contributed by atoms with Crippen molar-refractivity contribution in [1.82, 2.24) is 20.0 Å². The van der Waals surface area contributed by atoms with Crippen LogP contribution in [-0.2, 0) is 31.0 Å². The minimum atomic E-state index is -4.32. The number of nitrogens with zero attached hydrogens (tertiary/aromatic N) is 3. The summed E-state index contributed by atoms with van der Waals surface area (Å²) < 4.78 is 40.1. The van der Waals surface area contributed by atoms with Crippen molar-refractivity contribution >= 4 is 5.91 Å². The summed E-state index contributed by atoms with van der Waals surface area (Å²) in [6, 6.07) is 5.54. The molecular formula is C20H25F3N4O. The molecule has 1 N–H and O–H groups in total. The van der Waals surface area contributed by atoms with Crippen molar-refractivity contribution in [2.45, 2.75) is 44.4 Å². The highest BCUT2D eigenvalue weighted by molar-refractivity contribution is 5.78. The summed E-state index contributed by atoms with van der Waals surface area (Å²) in [5.41, 5.74) is 1.07. The van der Waals surface area contributed by atoms with E-state index < -0.39 is 11.7 Å². The molecule has 1 aromatic carbocycles. The van der Waals surface area contributed by atoms with Crippen LogP contribution < -0.4 is 5.32 Å². The number of halogens is 3. The Labute approximate surface area is 162 Å². The summed E-state index contributed by atoms with van der Waals surface area (Å²) in [5, 5.41) is 7.34. The Bertz CT molecular complexity index is 803. The lowest BCUT2D eigenvalue weighted by molar-refractivity contribution is -0.137. The number of aromatic nitrogens is 2. The van der Waals surface area contributed by atoms with E-state index in [-0.39, 0.29) is 11.9 Å². The largest absolute Gasteiger partial charge is 0.416 e. The maximum atomic E-state index is 12.8. The second-order valence-corrected chi connectivity index (χ2v) is 7.22. The van der Waals surface area contributed by atoms with Gasteiger partial charge in [0.15, 0.2) is 0 Å². The van der Waals surface area contributed by atoms with Crippen LogP contribution in [0.3, 0.4) is 0 Å². The van der Waals surface area contributed by atoms with Crippen molar-refractivity contribution in [1.29, 1.82) is 0 Å².